The summed E-state index contributed by atoms with van der Waals surface area (Å²) < 4.78 is 0. The van der Waals surface area contributed by atoms with E-state index in [1.165, 1.54) is 27.8 Å². The second-order valence-corrected chi connectivity index (χ2v) is 8.29. The molecule has 0 aromatic heterocycles. The first-order valence-electron chi connectivity index (χ1n) is 12.1. The van der Waals surface area contributed by atoms with Crippen LogP contribution in [0.2, 0.25) is 0 Å². The van der Waals surface area contributed by atoms with Gasteiger partial charge in [-0.05, 0) is 93.6 Å². The van der Waals surface area contributed by atoms with Crippen LogP contribution in [0.3, 0.4) is 0 Å². The maximum Gasteiger partial charge on any atom is 0.147 e. The topological polar surface area (TPSA) is 24.9 Å². The maximum atomic E-state index is 6.17. The molecule has 0 bridgehead atoms. The predicted octanol–water partition coefficient (Wildman–Crippen LogP) is 6.75. The third-order valence-corrected chi connectivity index (χ3v) is 6.14. The molecule has 0 spiro atoms. The Morgan fingerprint density at radius 2 is 1.03 bits per heavy atom. The van der Waals surface area contributed by atoms with Gasteiger partial charge >= 0.3 is 0 Å². The van der Waals surface area contributed by atoms with Crippen LogP contribution < -0.4 is 9.68 Å². The fourth-order valence-electron chi connectivity index (χ4n) is 4.15. The highest BCUT2D eigenvalue weighted by Crippen LogP contribution is 2.38. The average molecular weight is 447 g/mol. The van der Waals surface area contributed by atoms with Crippen molar-refractivity contribution in [3.05, 3.63) is 94.5 Å². The first kappa shape index (κ1) is 24.8. The van der Waals surface area contributed by atoms with Crippen molar-refractivity contribution in [3.63, 3.8) is 0 Å². The van der Waals surface area contributed by atoms with Gasteiger partial charge < -0.3 is 9.68 Å². The zero-order chi connectivity index (χ0) is 23.8. The van der Waals surface area contributed by atoms with Gasteiger partial charge in [-0.2, -0.15) is 0 Å². The molecule has 33 heavy (non-hydrogen) atoms. The Bertz CT molecular complexity index is 948. The second kappa shape index (κ2) is 11.9. The van der Waals surface area contributed by atoms with Crippen molar-refractivity contribution >= 4 is 0 Å². The van der Waals surface area contributed by atoms with Crippen molar-refractivity contribution in [1.82, 2.24) is 10.1 Å². The summed E-state index contributed by atoms with van der Waals surface area (Å²) in [5.41, 5.74) is 6.22. The molecular formula is C29H38N2O2. The van der Waals surface area contributed by atoms with Crippen LogP contribution in [0.25, 0.3) is 0 Å². The summed E-state index contributed by atoms with van der Waals surface area (Å²) >= 11 is 0. The van der Waals surface area contributed by atoms with E-state index in [0.29, 0.717) is 0 Å². The fraction of sp³-hybridized carbons (Fsp3) is 0.379. The highest BCUT2D eigenvalue weighted by molar-refractivity contribution is 5.52. The summed E-state index contributed by atoms with van der Waals surface area (Å²) in [6, 6.07) is 23.5. The largest absolute Gasteiger partial charge is 0.406 e. The molecule has 0 unspecified atom stereocenters. The highest BCUT2D eigenvalue weighted by Gasteiger charge is 2.22. The molecule has 4 heteroatoms. The molecule has 0 aliphatic carbocycles. The lowest BCUT2D eigenvalue weighted by Crippen LogP contribution is -2.27. The summed E-state index contributed by atoms with van der Waals surface area (Å²) in [5.74, 6) is 1.81. The van der Waals surface area contributed by atoms with Crippen molar-refractivity contribution in [2.24, 2.45) is 0 Å². The third-order valence-electron chi connectivity index (χ3n) is 6.14. The molecule has 3 rings (SSSR count). The van der Waals surface area contributed by atoms with Gasteiger partial charge in [-0.15, -0.1) is 10.1 Å². The number of rotatable bonds is 11. The Balaban J connectivity index is 2.12. The summed E-state index contributed by atoms with van der Waals surface area (Å²) in [7, 11) is 0. The number of benzene rings is 3. The van der Waals surface area contributed by atoms with Gasteiger partial charge in [-0.1, -0.05) is 42.5 Å². The molecular weight excluding hydrogens is 408 g/mol. The van der Waals surface area contributed by atoms with E-state index in [9.17, 15) is 0 Å². The van der Waals surface area contributed by atoms with Gasteiger partial charge in [-0.3, -0.25) is 0 Å². The molecule has 0 heterocycles. The van der Waals surface area contributed by atoms with Crippen molar-refractivity contribution in [3.8, 4) is 11.5 Å². The van der Waals surface area contributed by atoms with Crippen LogP contribution in [0.5, 0.6) is 11.5 Å². The molecule has 0 atom stereocenters. The molecule has 0 radical (unpaired) electrons. The number of hydrogen-bond donors (Lipinski definition) is 0. The van der Waals surface area contributed by atoms with Crippen LogP contribution in [0.1, 0.15) is 61.4 Å². The van der Waals surface area contributed by atoms with E-state index < -0.39 is 0 Å². The standard InChI is InChI=1S/C29H38N2O2/c1-7-30(8-2)32-25-18-16-22(5)27(20-25)29(24-14-12-11-13-15-24)28-21-26(19-17-23(28)6)33-31(9-3)10-4/h11-21,29H,7-10H2,1-6H3. The van der Waals surface area contributed by atoms with Crippen LogP contribution in [-0.4, -0.2) is 36.3 Å². The van der Waals surface area contributed by atoms with E-state index in [-0.39, 0.29) is 5.92 Å². The van der Waals surface area contributed by atoms with Crippen molar-refractivity contribution in [2.45, 2.75) is 47.5 Å². The second-order valence-electron chi connectivity index (χ2n) is 8.29. The fourth-order valence-corrected chi connectivity index (χ4v) is 4.15. The Hall–Kier alpha value is -2.82. The minimum atomic E-state index is 0.0757. The van der Waals surface area contributed by atoms with E-state index in [2.05, 4.69) is 108 Å². The van der Waals surface area contributed by atoms with E-state index >= 15 is 0 Å². The van der Waals surface area contributed by atoms with Gasteiger partial charge in [0.2, 0.25) is 0 Å². The van der Waals surface area contributed by atoms with Gasteiger partial charge in [0.05, 0.1) is 0 Å². The van der Waals surface area contributed by atoms with Crippen LogP contribution >= 0.6 is 0 Å². The molecule has 0 fully saturated rings. The monoisotopic (exact) mass is 446 g/mol. The molecule has 0 saturated heterocycles. The number of aryl methyl sites for hydroxylation is 2. The number of hydrogen-bond acceptors (Lipinski definition) is 4. The normalized spacial score (nSPS) is 11.4. The van der Waals surface area contributed by atoms with Crippen molar-refractivity contribution in [1.29, 1.82) is 0 Å². The van der Waals surface area contributed by atoms with Crippen molar-refractivity contribution < 1.29 is 9.68 Å². The Morgan fingerprint density at radius 3 is 1.42 bits per heavy atom. The maximum absolute atomic E-state index is 6.17. The Kier molecular flexibility index (Phi) is 8.93. The minimum Gasteiger partial charge on any atom is -0.406 e. The first-order valence-corrected chi connectivity index (χ1v) is 12.1. The Labute approximate surface area is 199 Å². The van der Waals surface area contributed by atoms with Crippen LogP contribution in [0, 0.1) is 13.8 Å². The van der Waals surface area contributed by atoms with Crippen molar-refractivity contribution in [2.75, 3.05) is 26.2 Å². The van der Waals surface area contributed by atoms with Gasteiger partial charge in [0, 0.05) is 32.1 Å². The minimum absolute atomic E-state index is 0.0757. The molecule has 3 aromatic carbocycles. The van der Waals surface area contributed by atoms with E-state index in [1.54, 1.807) is 0 Å². The SMILES string of the molecule is CCN(CC)Oc1ccc(C)c(C(c2ccccc2)c2cc(ON(CC)CC)ccc2C)c1. The summed E-state index contributed by atoms with van der Waals surface area (Å²) in [4.78, 5) is 12.3. The van der Waals surface area contributed by atoms with Gasteiger partial charge in [0.15, 0.2) is 0 Å². The van der Waals surface area contributed by atoms with Gasteiger partial charge in [-0.25, -0.2) is 0 Å². The summed E-state index contributed by atoms with van der Waals surface area (Å²) in [6.45, 7) is 16.1. The zero-order valence-corrected chi connectivity index (χ0v) is 21.0. The molecule has 0 amide bonds. The number of hydroxylamine groups is 4. The van der Waals surface area contributed by atoms with E-state index in [0.717, 1.165) is 37.7 Å². The molecule has 0 N–H and O–H groups in total. The summed E-state index contributed by atoms with van der Waals surface area (Å²) in [6.07, 6.45) is 0. The summed E-state index contributed by atoms with van der Waals surface area (Å²) in [5, 5.41) is 3.94. The van der Waals surface area contributed by atoms with Crippen LogP contribution in [0.15, 0.2) is 66.7 Å². The molecule has 4 nitrogen and oxygen atoms in total. The first-order chi connectivity index (χ1) is 16.0. The molecule has 0 aliphatic rings. The zero-order valence-electron chi connectivity index (χ0n) is 21.0. The van der Waals surface area contributed by atoms with E-state index in [1.807, 2.05) is 10.1 Å². The third kappa shape index (κ3) is 6.16. The number of nitrogens with zero attached hydrogens (tertiary/aromatic N) is 2. The van der Waals surface area contributed by atoms with Crippen LogP contribution in [-0.2, 0) is 0 Å². The van der Waals surface area contributed by atoms with Gasteiger partial charge in [0.1, 0.15) is 11.5 Å². The highest BCUT2D eigenvalue weighted by atomic mass is 16.7. The van der Waals surface area contributed by atoms with E-state index in [4.69, 9.17) is 9.68 Å². The Morgan fingerprint density at radius 1 is 0.606 bits per heavy atom. The van der Waals surface area contributed by atoms with Crippen LogP contribution in [0.4, 0.5) is 0 Å². The molecule has 3 aromatic rings. The lowest BCUT2D eigenvalue weighted by Gasteiger charge is -2.26. The lowest BCUT2D eigenvalue weighted by atomic mass is 9.81. The lowest BCUT2D eigenvalue weighted by molar-refractivity contribution is -0.0487. The predicted molar refractivity (Wildman–Crippen MR) is 137 cm³/mol. The molecule has 176 valence electrons. The average Bonchev–Trinajstić information content (AvgIpc) is 2.85. The molecule has 0 aliphatic heterocycles. The van der Waals surface area contributed by atoms with Gasteiger partial charge in [0.25, 0.3) is 0 Å². The quantitative estimate of drug-likeness (QED) is 0.240. The smallest absolute Gasteiger partial charge is 0.147 e. The molecule has 0 saturated carbocycles.